The van der Waals surface area contributed by atoms with Crippen molar-refractivity contribution in [3.05, 3.63) is 41.0 Å². The summed E-state index contributed by atoms with van der Waals surface area (Å²) in [5, 5.41) is 3.31. The lowest BCUT2D eigenvalue weighted by Gasteiger charge is -2.13. The number of hydrogen-bond donors (Lipinski definition) is 1. The van der Waals surface area contributed by atoms with Crippen molar-refractivity contribution in [2.24, 2.45) is 0 Å². The third-order valence-corrected chi connectivity index (χ3v) is 3.23. The molecule has 0 atom stereocenters. The van der Waals surface area contributed by atoms with Gasteiger partial charge < -0.3 is 5.32 Å². The summed E-state index contributed by atoms with van der Waals surface area (Å²) in [6, 6.07) is 5.08. The van der Waals surface area contributed by atoms with Crippen LogP contribution in [-0.2, 0) is 0 Å². The van der Waals surface area contributed by atoms with Gasteiger partial charge in [-0.15, -0.1) is 0 Å². The van der Waals surface area contributed by atoms with E-state index in [4.69, 9.17) is 0 Å². The predicted octanol–water partition coefficient (Wildman–Crippen LogP) is 4.03. The maximum absolute atomic E-state index is 13.4. The molecule has 2 aromatic rings. The standard InChI is InChI=1S/C16H20FN3/c1-5-8-18-16-11(3)15(19-12(4)20-16)13-6-7-14(17)10(2)9-13/h6-7,9H,5,8H2,1-4H3,(H,18,19,20). The number of anilines is 1. The van der Waals surface area contributed by atoms with Crippen LogP contribution in [0.5, 0.6) is 0 Å². The highest BCUT2D eigenvalue weighted by molar-refractivity contribution is 5.68. The van der Waals surface area contributed by atoms with Gasteiger partial charge in [-0.05, 0) is 51.0 Å². The van der Waals surface area contributed by atoms with Gasteiger partial charge in [0.2, 0.25) is 0 Å². The molecule has 0 saturated carbocycles. The van der Waals surface area contributed by atoms with Gasteiger partial charge in [-0.2, -0.15) is 0 Å². The molecular formula is C16H20FN3. The number of hydrogen-bond acceptors (Lipinski definition) is 3. The maximum atomic E-state index is 13.4. The first-order chi connectivity index (χ1) is 9.52. The lowest BCUT2D eigenvalue weighted by Crippen LogP contribution is -2.07. The maximum Gasteiger partial charge on any atom is 0.133 e. The van der Waals surface area contributed by atoms with Gasteiger partial charge in [0.1, 0.15) is 17.5 Å². The van der Waals surface area contributed by atoms with Crippen LogP contribution in [0.25, 0.3) is 11.3 Å². The molecule has 0 radical (unpaired) electrons. The van der Waals surface area contributed by atoms with Crippen LogP contribution in [0.4, 0.5) is 10.2 Å². The third kappa shape index (κ3) is 2.95. The van der Waals surface area contributed by atoms with Crippen molar-refractivity contribution in [1.82, 2.24) is 9.97 Å². The summed E-state index contributed by atoms with van der Waals surface area (Å²) in [6.07, 6.45) is 1.04. The number of nitrogens with zero attached hydrogens (tertiary/aromatic N) is 2. The third-order valence-electron chi connectivity index (χ3n) is 3.23. The summed E-state index contributed by atoms with van der Waals surface area (Å²) in [5.74, 6) is 1.38. The van der Waals surface area contributed by atoms with Gasteiger partial charge in [-0.3, -0.25) is 0 Å². The number of nitrogens with one attached hydrogen (secondary N) is 1. The first kappa shape index (κ1) is 14.4. The average molecular weight is 273 g/mol. The summed E-state index contributed by atoms with van der Waals surface area (Å²) in [5.41, 5.74) is 3.40. The van der Waals surface area contributed by atoms with Crippen LogP contribution in [0, 0.1) is 26.6 Å². The van der Waals surface area contributed by atoms with Gasteiger partial charge >= 0.3 is 0 Å². The fraction of sp³-hybridized carbons (Fsp3) is 0.375. The van der Waals surface area contributed by atoms with E-state index in [2.05, 4.69) is 22.2 Å². The van der Waals surface area contributed by atoms with Crippen LogP contribution in [0.2, 0.25) is 0 Å². The largest absolute Gasteiger partial charge is 0.370 e. The molecular weight excluding hydrogens is 253 g/mol. The Hall–Kier alpha value is -1.97. The molecule has 1 aromatic carbocycles. The zero-order chi connectivity index (χ0) is 14.7. The number of aryl methyl sites for hydroxylation is 2. The van der Waals surface area contributed by atoms with E-state index in [1.165, 1.54) is 6.07 Å². The van der Waals surface area contributed by atoms with E-state index in [9.17, 15) is 4.39 Å². The van der Waals surface area contributed by atoms with Crippen molar-refractivity contribution in [3.8, 4) is 11.3 Å². The molecule has 1 heterocycles. The van der Waals surface area contributed by atoms with E-state index in [0.717, 1.165) is 35.6 Å². The summed E-state index contributed by atoms with van der Waals surface area (Å²) >= 11 is 0. The van der Waals surface area contributed by atoms with Crippen molar-refractivity contribution in [2.75, 3.05) is 11.9 Å². The normalized spacial score (nSPS) is 10.7. The van der Waals surface area contributed by atoms with Crippen LogP contribution in [-0.4, -0.2) is 16.5 Å². The molecule has 20 heavy (non-hydrogen) atoms. The highest BCUT2D eigenvalue weighted by atomic mass is 19.1. The van der Waals surface area contributed by atoms with Crippen molar-refractivity contribution < 1.29 is 4.39 Å². The quantitative estimate of drug-likeness (QED) is 0.914. The van der Waals surface area contributed by atoms with Crippen LogP contribution >= 0.6 is 0 Å². The molecule has 1 aromatic heterocycles. The molecule has 0 spiro atoms. The predicted molar refractivity (Wildman–Crippen MR) is 80.4 cm³/mol. The summed E-state index contributed by atoms with van der Waals surface area (Å²) in [7, 11) is 0. The molecule has 1 N–H and O–H groups in total. The highest BCUT2D eigenvalue weighted by Crippen LogP contribution is 2.27. The van der Waals surface area contributed by atoms with Gasteiger partial charge in [0.15, 0.2) is 0 Å². The number of rotatable bonds is 4. The molecule has 3 nitrogen and oxygen atoms in total. The lowest BCUT2D eigenvalue weighted by atomic mass is 10.0. The fourth-order valence-corrected chi connectivity index (χ4v) is 2.12. The van der Waals surface area contributed by atoms with Crippen molar-refractivity contribution >= 4 is 5.82 Å². The first-order valence-electron chi connectivity index (χ1n) is 6.88. The molecule has 0 saturated heterocycles. The Kier molecular flexibility index (Phi) is 4.32. The molecule has 0 aliphatic carbocycles. The smallest absolute Gasteiger partial charge is 0.133 e. The van der Waals surface area contributed by atoms with Crippen LogP contribution in [0.1, 0.15) is 30.3 Å². The lowest BCUT2D eigenvalue weighted by molar-refractivity contribution is 0.618. The van der Waals surface area contributed by atoms with Crippen LogP contribution < -0.4 is 5.32 Å². The second-order valence-electron chi connectivity index (χ2n) is 4.98. The van der Waals surface area contributed by atoms with E-state index in [1.54, 1.807) is 13.0 Å². The topological polar surface area (TPSA) is 37.8 Å². The van der Waals surface area contributed by atoms with E-state index in [0.29, 0.717) is 11.4 Å². The molecule has 0 amide bonds. The fourth-order valence-electron chi connectivity index (χ4n) is 2.12. The molecule has 0 unspecified atom stereocenters. The monoisotopic (exact) mass is 273 g/mol. The Morgan fingerprint density at radius 3 is 2.55 bits per heavy atom. The molecule has 2 rings (SSSR count). The Balaban J connectivity index is 2.50. The van der Waals surface area contributed by atoms with Gasteiger partial charge in [0, 0.05) is 17.7 Å². The number of aromatic nitrogens is 2. The number of halogens is 1. The Morgan fingerprint density at radius 1 is 1.15 bits per heavy atom. The van der Waals surface area contributed by atoms with E-state index in [-0.39, 0.29) is 5.82 Å². The zero-order valence-corrected chi connectivity index (χ0v) is 12.4. The molecule has 4 heteroatoms. The first-order valence-corrected chi connectivity index (χ1v) is 6.88. The van der Waals surface area contributed by atoms with E-state index in [1.807, 2.05) is 19.9 Å². The summed E-state index contributed by atoms with van der Waals surface area (Å²) in [4.78, 5) is 8.95. The SMILES string of the molecule is CCCNc1nc(C)nc(-c2ccc(F)c(C)c2)c1C. The van der Waals surface area contributed by atoms with E-state index < -0.39 is 0 Å². The Labute approximate surface area is 119 Å². The van der Waals surface area contributed by atoms with E-state index >= 15 is 0 Å². The van der Waals surface area contributed by atoms with Crippen molar-refractivity contribution in [3.63, 3.8) is 0 Å². The summed E-state index contributed by atoms with van der Waals surface area (Å²) < 4.78 is 13.4. The summed E-state index contributed by atoms with van der Waals surface area (Å²) in [6.45, 7) is 8.61. The van der Waals surface area contributed by atoms with Crippen LogP contribution in [0.15, 0.2) is 18.2 Å². The van der Waals surface area contributed by atoms with Gasteiger partial charge in [0.25, 0.3) is 0 Å². The second kappa shape index (κ2) is 5.99. The Bertz CT molecular complexity index is 623. The van der Waals surface area contributed by atoms with Crippen molar-refractivity contribution in [2.45, 2.75) is 34.1 Å². The Morgan fingerprint density at radius 2 is 1.90 bits per heavy atom. The van der Waals surface area contributed by atoms with Gasteiger partial charge in [-0.1, -0.05) is 6.92 Å². The second-order valence-corrected chi connectivity index (χ2v) is 4.98. The highest BCUT2D eigenvalue weighted by Gasteiger charge is 2.11. The van der Waals surface area contributed by atoms with Crippen LogP contribution in [0.3, 0.4) is 0 Å². The van der Waals surface area contributed by atoms with Crippen molar-refractivity contribution in [1.29, 1.82) is 0 Å². The average Bonchev–Trinajstić information content (AvgIpc) is 2.42. The molecule has 0 bridgehead atoms. The molecule has 106 valence electrons. The molecule has 0 fully saturated rings. The molecule has 0 aliphatic rings. The van der Waals surface area contributed by atoms with Gasteiger partial charge in [0.05, 0.1) is 5.69 Å². The zero-order valence-electron chi connectivity index (χ0n) is 12.4. The van der Waals surface area contributed by atoms with Gasteiger partial charge in [-0.25, -0.2) is 14.4 Å². The minimum Gasteiger partial charge on any atom is -0.370 e. The minimum absolute atomic E-state index is 0.193. The molecule has 0 aliphatic heterocycles. The minimum atomic E-state index is -0.193. The number of benzene rings is 1.